The molecule has 1 aliphatic heterocycles. The second-order valence-corrected chi connectivity index (χ2v) is 3.46. The van der Waals surface area contributed by atoms with Crippen LogP contribution in [0.2, 0.25) is 0 Å². The lowest BCUT2D eigenvalue weighted by molar-refractivity contribution is -0.131. The average Bonchev–Trinajstić information content (AvgIpc) is 2.08. The molecule has 1 saturated heterocycles. The lowest BCUT2D eigenvalue weighted by Gasteiger charge is -2.17. The van der Waals surface area contributed by atoms with Crippen LogP contribution in [0.3, 0.4) is 0 Å². The van der Waals surface area contributed by atoms with Gasteiger partial charge in [-0.2, -0.15) is 0 Å². The first kappa shape index (κ1) is 9.52. The molecule has 0 spiro atoms. The van der Waals surface area contributed by atoms with E-state index in [0.717, 1.165) is 19.4 Å². The highest BCUT2D eigenvalue weighted by Gasteiger charge is 2.09. The van der Waals surface area contributed by atoms with Crippen molar-refractivity contribution in [3.05, 3.63) is 0 Å². The summed E-state index contributed by atoms with van der Waals surface area (Å²) in [6, 6.07) is 0. The van der Waals surface area contributed by atoms with Crippen LogP contribution in [0.25, 0.3) is 0 Å². The van der Waals surface area contributed by atoms with Crippen LogP contribution in [0.1, 0.15) is 44.9 Å². The second kappa shape index (κ2) is 5.14. The summed E-state index contributed by atoms with van der Waals surface area (Å²) in [5, 5.41) is 1.38. The zero-order chi connectivity index (χ0) is 8.81. The Labute approximate surface area is 73.9 Å². The summed E-state index contributed by atoms with van der Waals surface area (Å²) in [7, 11) is 0. The Bertz CT molecular complexity index is 147. The molecule has 0 unspecified atom stereocenters. The number of hydrazine groups is 1. The molecule has 0 aromatic carbocycles. The van der Waals surface area contributed by atoms with E-state index in [9.17, 15) is 4.79 Å². The Morgan fingerprint density at radius 2 is 1.58 bits per heavy atom. The van der Waals surface area contributed by atoms with Crippen molar-refractivity contribution in [3.63, 3.8) is 0 Å². The van der Waals surface area contributed by atoms with Gasteiger partial charge in [0.1, 0.15) is 0 Å². The number of rotatable bonds is 0. The highest BCUT2D eigenvalue weighted by atomic mass is 16.2. The number of nitrogens with two attached hydrogens (primary N) is 1. The predicted molar refractivity (Wildman–Crippen MR) is 48.2 cm³/mol. The molecular formula is C9H18N2O. The van der Waals surface area contributed by atoms with Crippen LogP contribution in [0.15, 0.2) is 0 Å². The first-order chi connectivity index (χ1) is 5.80. The van der Waals surface area contributed by atoms with E-state index >= 15 is 0 Å². The van der Waals surface area contributed by atoms with Crippen molar-refractivity contribution in [3.8, 4) is 0 Å². The van der Waals surface area contributed by atoms with Gasteiger partial charge >= 0.3 is 0 Å². The number of carbonyl (C=O) groups excluding carboxylic acids is 1. The summed E-state index contributed by atoms with van der Waals surface area (Å²) in [4.78, 5) is 11.2. The highest BCUT2D eigenvalue weighted by Crippen LogP contribution is 2.10. The third-order valence-electron chi connectivity index (χ3n) is 2.36. The quantitative estimate of drug-likeness (QED) is 0.441. The first-order valence-electron chi connectivity index (χ1n) is 4.86. The van der Waals surface area contributed by atoms with Gasteiger partial charge < -0.3 is 0 Å². The molecule has 1 heterocycles. The van der Waals surface area contributed by atoms with Crippen molar-refractivity contribution in [1.29, 1.82) is 0 Å². The van der Waals surface area contributed by atoms with Gasteiger partial charge in [-0.05, 0) is 12.8 Å². The van der Waals surface area contributed by atoms with Gasteiger partial charge in [0.2, 0.25) is 5.91 Å². The molecule has 0 aromatic rings. The van der Waals surface area contributed by atoms with E-state index in [1.54, 1.807) is 0 Å². The van der Waals surface area contributed by atoms with E-state index in [1.807, 2.05) is 0 Å². The topological polar surface area (TPSA) is 46.3 Å². The predicted octanol–water partition coefficient (Wildman–Crippen LogP) is 1.43. The molecule has 0 aliphatic carbocycles. The van der Waals surface area contributed by atoms with Gasteiger partial charge in [0.25, 0.3) is 0 Å². The van der Waals surface area contributed by atoms with E-state index in [4.69, 9.17) is 5.84 Å². The Kier molecular flexibility index (Phi) is 4.08. The van der Waals surface area contributed by atoms with Crippen LogP contribution in [-0.4, -0.2) is 17.5 Å². The van der Waals surface area contributed by atoms with Gasteiger partial charge in [0.05, 0.1) is 0 Å². The molecule has 3 heteroatoms. The number of amides is 1. The Morgan fingerprint density at radius 1 is 1.00 bits per heavy atom. The molecule has 0 bridgehead atoms. The van der Waals surface area contributed by atoms with Gasteiger partial charge in [-0.15, -0.1) is 0 Å². The van der Waals surface area contributed by atoms with Gasteiger partial charge in [0, 0.05) is 13.0 Å². The van der Waals surface area contributed by atoms with Crippen molar-refractivity contribution in [1.82, 2.24) is 5.01 Å². The van der Waals surface area contributed by atoms with Crippen LogP contribution in [0.4, 0.5) is 0 Å². The molecule has 0 saturated carbocycles. The van der Waals surface area contributed by atoms with E-state index in [0.29, 0.717) is 6.42 Å². The molecular weight excluding hydrogens is 152 g/mol. The monoisotopic (exact) mass is 170 g/mol. The molecule has 0 aromatic heterocycles. The minimum Gasteiger partial charge on any atom is -0.281 e. The van der Waals surface area contributed by atoms with Crippen molar-refractivity contribution in [2.75, 3.05) is 6.54 Å². The Hall–Kier alpha value is -0.570. The number of nitrogens with zero attached hydrogens (tertiary/aromatic N) is 1. The average molecular weight is 170 g/mol. The smallest absolute Gasteiger partial charge is 0.236 e. The standard InChI is InChI=1S/C9H18N2O/c10-11-8-6-4-2-1-3-5-7-9(11)12/h1-8,10H2. The maximum absolute atomic E-state index is 11.2. The summed E-state index contributed by atoms with van der Waals surface area (Å²) in [6.07, 6.45) is 7.66. The second-order valence-electron chi connectivity index (χ2n) is 3.46. The van der Waals surface area contributed by atoms with E-state index in [1.165, 1.54) is 30.7 Å². The summed E-state index contributed by atoms with van der Waals surface area (Å²) < 4.78 is 0. The number of hydrogen-bond donors (Lipinski definition) is 1. The molecule has 0 atom stereocenters. The summed E-state index contributed by atoms with van der Waals surface area (Å²) in [5.41, 5.74) is 0. The normalized spacial score (nSPS) is 22.4. The summed E-state index contributed by atoms with van der Waals surface area (Å²) in [6.45, 7) is 0.735. The van der Waals surface area contributed by atoms with Gasteiger partial charge in [-0.3, -0.25) is 9.80 Å². The molecule has 1 rings (SSSR count). The summed E-state index contributed by atoms with van der Waals surface area (Å²) in [5.74, 6) is 5.66. The van der Waals surface area contributed by atoms with Crippen LogP contribution < -0.4 is 5.84 Å². The highest BCUT2D eigenvalue weighted by molar-refractivity contribution is 5.75. The van der Waals surface area contributed by atoms with E-state index < -0.39 is 0 Å². The minimum absolute atomic E-state index is 0.108. The SMILES string of the molecule is NN1CCCCCCCCC1=O. The molecule has 3 nitrogen and oxygen atoms in total. The van der Waals surface area contributed by atoms with E-state index in [2.05, 4.69) is 0 Å². The van der Waals surface area contributed by atoms with Crippen molar-refractivity contribution in [2.45, 2.75) is 44.9 Å². The lowest BCUT2D eigenvalue weighted by Crippen LogP contribution is -2.38. The van der Waals surface area contributed by atoms with E-state index in [-0.39, 0.29) is 5.91 Å². The van der Waals surface area contributed by atoms with Crippen molar-refractivity contribution < 1.29 is 4.79 Å². The van der Waals surface area contributed by atoms with Gasteiger partial charge in [0.15, 0.2) is 0 Å². The fourth-order valence-electron chi connectivity index (χ4n) is 1.53. The van der Waals surface area contributed by atoms with Crippen LogP contribution in [0, 0.1) is 0 Å². The molecule has 2 N–H and O–H groups in total. The largest absolute Gasteiger partial charge is 0.281 e. The van der Waals surface area contributed by atoms with Crippen LogP contribution in [-0.2, 0) is 4.79 Å². The van der Waals surface area contributed by atoms with Crippen LogP contribution in [0.5, 0.6) is 0 Å². The van der Waals surface area contributed by atoms with Crippen molar-refractivity contribution >= 4 is 5.91 Å². The lowest BCUT2D eigenvalue weighted by atomic mass is 10.1. The maximum Gasteiger partial charge on any atom is 0.236 e. The molecule has 0 radical (unpaired) electrons. The molecule has 70 valence electrons. The zero-order valence-electron chi connectivity index (χ0n) is 7.59. The Balaban J connectivity index is 2.31. The Morgan fingerprint density at radius 3 is 2.33 bits per heavy atom. The van der Waals surface area contributed by atoms with Crippen molar-refractivity contribution in [2.24, 2.45) is 5.84 Å². The fraction of sp³-hybridized carbons (Fsp3) is 0.889. The number of carbonyl (C=O) groups is 1. The fourth-order valence-corrected chi connectivity index (χ4v) is 1.53. The molecule has 1 fully saturated rings. The third kappa shape index (κ3) is 3.22. The molecule has 12 heavy (non-hydrogen) atoms. The van der Waals surface area contributed by atoms with Gasteiger partial charge in [-0.1, -0.05) is 25.7 Å². The summed E-state index contributed by atoms with van der Waals surface area (Å²) >= 11 is 0. The van der Waals surface area contributed by atoms with Crippen LogP contribution >= 0.6 is 0 Å². The molecule has 1 amide bonds. The number of hydrogen-bond acceptors (Lipinski definition) is 2. The zero-order valence-corrected chi connectivity index (χ0v) is 7.59. The first-order valence-corrected chi connectivity index (χ1v) is 4.86. The minimum atomic E-state index is 0.108. The third-order valence-corrected chi connectivity index (χ3v) is 2.36. The molecule has 1 aliphatic rings. The van der Waals surface area contributed by atoms with Gasteiger partial charge in [-0.25, -0.2) is 5.84 Å². The maximum atomic E-state index is 11.2.